The topological polar surface area (TPSA) is 55.7 Å². The number of para-hydroxylation sites is 1. The number of halogens is 4. The fourth-order valence-corrected chi connectivity index (χ4v) is 3.09. The van der Waals surface area contributed by atoms with Crippen molar-refractivity contribution in [3.63, 3.8) is 0 Å². The Labute approximate surface area is 141 Å². The van der Waals surface area contributed by atoms with E-state index >= 15 is 0 Å². The van der Waals surface area contributed by atoms with Crippen molar-refractivity contribution in [1.82, 2.24) is 0 Å². The van der Waals surface area contributed by atoms with E-state index in [1.165, 1.54) is 42.7 Å². The molecule has 24 heavy (non-hydrogen) atoms. The van der Waals surface area contributed by atoms with Crippen molar-refractivity contribution < 1.29 is 26.9 Å². The fourth-order valence-electron chi connectivity index (χ4n) is 1.80. The first-order chi connectivity index (χ1) is 11.1. The smallest absolute Gasteiger partial charge is 0.405 e. The number of rotatable bonds is 3. The van der Waals surface area contributed by atoms with Gasteiger partial charge in [0, 0.05) is 16.2 Å². The highest BCUT2D eigenvalue weighted by atomic mass is 35.5. The number of hydrogen-bond donors (Lipinski definition) is 0. The van der Waals surface area contributed by atoms with Crippen molar-refractivity contribution >= 4 is 27.2 Å². The lowest BCUT2D eigenvalue weighted by Gasteiger charge is -2.11. The van der Waals surface area contributed by atoms with Crippen molar-refractivity contribution in [1.29, 1.82) is 0 Å². The Balaban J connectivity index is 2.42. The van der Waals surface area contributed by atoms with Gasteiger partial charge in [0.25, 0.3) is 5.91 Å². The molecule has 1 amide bonds. The van der Waals surface area contributed by atoms with Crippen LogP contribution in [0.2, 0.25) is 5.02 Å². The lowest BCUT2D eigenvalue weighted by molar-refractivity contribution is -0.274. The third kappa shape index (κ3) is 4.72. The average molecular weight is 378 g/mol. The number of hydrogen-bond acceptors (Lipinski definition) is 3. The van der Waals surface area contributed by atoms with E-state index < -0.39 is 33.3 Å². The van der Waals surface area contributed by atoms with Gasteiger partial charge >= 0.3 is 6.36 Å². The van der Waals surface area contributed by atoms with Gasteiger partial charge in [0.05, 0.1) is 15.3 Å². The van der Waals surface area contributed by atoms with Gasteiger partial charge in [-0.25, -0.2) is 4.21 Å². The zero-order valence-electron chi connectivity index (χ0n) is 12.2. The highest BCUT2D eigenvalue weighted by Gasteiger charge is 2.33. The molecule has 0 saturated heterocycles. The summed E-state index contributed by atoms with van der Waals surface area (Å²) in [5, 5.41) is 0.407. The first kappa shape index (κ1) is 18.3. The number of alkyl halides is 3. The summed E-state index contributed by atoms with van der Waals surface area (Å²) in [4.78, 5) is 12.4. The average Bonchev–Trinajstić information content (AvgIpc) is 2.46. The summed E-state index contributed by atoms with van der Waals surface area (Å²) in [6, 6.07) is 10.5. The highest BCUT2D eigenvalue weighted by molar-refractivity contribution is 7.93. The van der Waals surface area contributed by atoms with Gasteiger partial charge in [-0.2, -0.15) is 4.36 Å². The van der Waals surface area contributed by atoms with Crippen LogP contribution >= 0.6 is 11.6 Å². The van der Waals surface area contributed by atoms with Crippen molar-refractivity contribution in [3.05, 3.63) is 59.1 Å². The van der Waals surface area contributed by atoms with E-state index in [2.05, 4.69) is 9.10 Å². The van der Waals surface area contributed by atoms with Gasteiger partial charge in [-0.05, 0) is 36.4 Å². The van der Waals surface area contributed by atoms with Crippen LogP contribution in [0.3, 0.4) is 0 Å². The van der Waals surface area contributed by atoms with E-state index in [4.69, 9.17) is 11.6 Å². The molecule has 4 nitrogen and oxygen atoms in total. The van der Waals surface area contributed by atoms with E-state index in [1.54, 1.807) is 0 Å². The van der Waals surface area contributed by atoms with Gasteiger partial charge in [0.1, 0.15) is 5.75 Å². The van der Waals surface area contributed by atoms with Crippen LogP contribution in [0, 0.1) is 0 Å². The highest BCUT2D eigenvalue weighted by Crippen LogP contribution is 2.27. The van der Waals surface area contributed by atoms with Crippen LogP contribution in [0.15, 0.2) is 57.8 Å². The largest absolute Gasteiger partial charge is 0.573 e. The van der Waals surface area contributed by atoms with E-state index in [0.717, 1.165) is 12.1 Å². The van der Waals surface area contributed by atoms with Crippen LogP contribution in [0.5, 0.6) is 5.75 Å². The molecular weight excluding hydrogens is 367 g/mol. The van der Waals surface area contributed by atoms with Crippen LogP contribution < -0.4 is 4.74 Å². The Morgan fingerprint density at radius 1 is 1.12 bits per heavy atom. The van der Waals surface area contributed by atoms with E-state index in [1.807, 2.05) is 0 Å². The number of carbonyl (C=O) groups is 1. The molecule has 2 aromatic carbocycles. The molecule has 0 spiro atoms. The molecule has 9 heteroatoms. The van der Waals surface area contributed by atoms with Gasteiger partial charge in [0.2, 0.25) is 0 Å². The number of nitrogens with zero attached hydrogens (tertiary/aromatic N) is 1. The molecule has 0 saturated carbocycles. The summed E-state index contributed by atoms with van der Waals surface area (Å²) in [5.41, 5.74) is -0.432. The minimum atomic E-state index is -4.96. The summed E-state index contributed by atoms with van der Waals surface area (Å²) in [7, 11) is -3.15. The van der Waals surface area contributed by atoms with Gasteiger partial charge in [0.15, 0.2) is 0 Å². The second kappa shape index (κ2) is 6.82. The van der Waals surface area contributed by atoms with Gasteiger partial charge in [-0.3, -0.25) is 4.79 Å². The second-order valence-electron chi connectivity index (χ2n) is 4.70. The van der Waals surface area contributed by atoms with E-state index in [-0.39, 0.29) is 4.90 Å². The van der Waals surface area contributed by atoms with Crippen molar-refractivity contribution in [2.75, 3.05) is 6.26 Å². The minimum Gasteiger partial charge on any atom is -0.405 e. The van der Waals surface area contributed by atoms with E-state index in [9.17, 15) is 22.2 Å². The predicted octanol–water partition coefficient (Wildman–Crippen LogP) is 4.54. The van der Waals surface area contributed by atoms with Crippen molar-refractivity contribution in [3.8, 4) is 5.75 Å². The van der Waals surface area contributed by atoms with Gasteiger partial charge < -0.3 is 4.74 Å². The standard InChI is InChI=1S/C15H11ClF3NO3S/c1-24(22,11-8-6-10(16)7-9-11)20-14(21)12-4-2-3-5-13(12)23-15(17,18)19/h2-9H,1H3. The molecule has 2 aromatic rings. The summed E-state index contributed by atoms with van der Waals surface area (Å²) >= 11 is 5.73. The summed E-state index contributed by atoms with van der Waals surface area (Å²) in [5.74, 6) is -1.78. The maximum atomic E-state index is 12.6. The minimum absolute atomic E-state index is 0.231. The quantitative estimate of drug-likeness (QED) is 0.789. The third-order valence-corrected chi connectivity index (χ3v) is 4.76. The van der Waals surface area contributed by atoms with Crippen LogP contribution in [0.4, 0.5) is 13.2 Å². The molecule has 0 aliphatic carbocycles. The number of amides is 1. The number of carbonyl (C=O) groups excluding carboxylic acids is 1. The maximum absolute atomic E-state index is 12.6. The Bertz CT molecular complexity index is 872. The molecule has 0 aliphatic rings. The zero-order valence-corrected chi connectivity index (χ0v) is 13.8. The molecule has 0 radical (unpaired) electrons. The van der Waals surface area contributed by atoms with Crippen LogP contribution in [-0.2, 0) is 9.73 Å². The lowest BCUT2D eigenvalue weighted by atomic mass is 10.2. The Kier molecular flexibility index (Phi) is 5.19. The molecule has 1 unspecified atom stereocenters. The Morgan fingerprint density at radius 3 is 2.29 bits per heavy atom. The first-order valence-electron chi connectivity index (χ1n) is 6.45. The van der Waals surface area contributed by atoms with Crippen LogP contribution in [-0.4, -0.2) is 22.7 Å². The molecule has 0 heterocycles. The molecule has 0 fully saturated rings. The summed E-state index contributed by atoms with van der Waals surface area (Å²) in [6.07, 6.45) is -3.75. The van der Waals surface area contributed by atoms with Crippen molar-refractivity contribution in [2.45, 2.75) is 11.3 Å². The molecule has 0 aromatic heterocycles. The monoisotopic (exact) mass is 377 g/mol. The Hall–Kier alpha value is -2.06. The molecule has 0 aliphatic heterocycles. The Morgan fingerprint density at radius 2 is 1.71 bits per heavy atom. The molecule has 128 valence electrons. The molecule has 0 N–H and O–H groups in total. The van der Waals surface area contributed by atoms with Crippen LogP contribution in [0.25, 0.3) is 0 Å². The molecule has 1 atom stereocenters. The molecular formula is C15H11ClF3NO3S. The van der Waals surface area contributed by atoms with Gasteiger partial charge in [-0.1, -0.05) is 23.7 Å². The van der Waals surface area contributed by atoms with Crippen LogP contribution in [0.1, 0.15) is 10.4 Å². The zero-order chi connectivity index (χ0) is 18.0. The predicted molar refractivity (Wildman–Crippen MR) is 83.7 cm³/mol. The second-order valence-corrected chi connectivity index (χ2v) is 7.39. The normalized spacial score (nSPS) is 13.9. The third-order valence-electron chi connectivity index (χ3n) is 2.85. The van der Waals surface area contributed by atoms with Crippen molar-refractivity contribution in [2.24, 2.45) is 4.36 Å². The fraction of sp³-hybridized carbons (Fsp3) is 0.133. The lowest BCUT2D eigenvalue weighted by Crippen LogP contribution is -2.19. The first-order valence-corrected chi connectivity index (χ1v) is 8.75. The number of benzene rings is 2. The summed E-state index contributed by atoms with van der Waals surface area (Å²) in [6.45, 7) is 0. The van der Waals surface area contributed by atoms with Gasteiger partial charge in [-0.15, -0.1) is 13.2 Å². The number of ether oxygens (including phenoxy) is 1. The molecule has 0 bridgehead atoms. The maximum Gasteiger partial charge on any atom is 0.573 e. The SMILES string of the molecule is CS(=O)(=NC(=O)c1ccccc1OC(F)(F)F)c1ccc(Cl)cc1. The summed E-state index contributed by atoms with van der Waals surface area (Å²) < 4.78 is 57.1. The molecule has 2 rings (SSSR count). The van der Waals surface area contributed by atoms with E-state index in [0.29, 0.717) is 5.02 Å².